The first-order valence-corrected chi connectivity index (χ1v) is 11.9. The van der Waals surface area contributed by atoms with Crippen molar-refractivity contribution < 1.29 is 23.7 Å². The normalized spacial score (nSPS) is 17.3. The summed E-state index contributed by atoms with van der Waals surface area (Å²) in [4.78, 5) is 14.4. The zero-order valence-electron chi connectivity index (χ0n) is 20.0. The fourth-order valence-electron chi connectivity index (χ4n) is 4.54. The van der Waals surface area contributed by atoms with Crippen molar-refractivity contribution in [2.45, 2.75) is 51.0 Å². The molecule has 4 rings (SSSR count). The fourth-order valence-corrected chi connectivity index (χ4v) is 4.54. The molecule has 178 valence electrons. The number of esters is 1. The lowest BCUT2D eigenvalue weighted by Gasteiger charge is -2.38. The molecule has 0 saturated carbocycles. The summed E-state index contributed by atoms with van der Waals surface area (Å²) in [5.74, 6) is 2.45. The van der Waals surface area contributed by atoms with Crippen LogP contribution in [0.1, 0.15) is 45.6 Å². The summed E-state index contributed by atoms with van der Waals surface area (Å²) in [6, 6.07) is 15.9. The standard InChI is InChI=1S/C27H35NO5/c1-26(2,3)33-25(29)11-14-28-15-12-27(13-16-28)20-32-24-19-22(9-10-23(24)27)31-18-17-30-21-7-5-4-6-8-21/h4-10,19H,11-18,20H2,1-3H3. The quantitative estimate of drug-likeness (QED) is 0.430. The zero-order chi connectivity index (χ0) is 23.3. The molecule has 0 radical (unpaired) electrons. The third kappa shape index (κ3) is 6.20. The van der Waals surface area contributed by atoms with Gasteiger partial charge in [-0.25, -0.2) is 0 Å². The van der Waals surface area contributed by atoms with Gasteiger partial charge in [-0.2, -0.15) is 0 Å². The van der Waals surface area contributed by atoms with Crippen molar-refractivity contribution in [2.75, 3.05) is 39.5 Å². The third-order valence-corrected chi connectivity index (χ3v) is 6.26. The molecule has 0 N–H and O–H groups in total. The number of benzene rings is 2. The van der Waals surface area contributed by atoms with Crippen LogP contribution in [0.5, 0.6) is 17.2 Å². The second kappa shape index (κ2) is 10.0. The molecular formula is C27H35NO5. The lowest BCUT2D eigenvalue weighted by atomic mass is 9.74. The number of hydrogen-bond donors (Lipinski definition) is 0. The molecule has 1 saturated heterocycles. The molecule has 0 atom stereocenters. The molecule has 0 bridgehead atoms. The highest BCUT2D eigenvalue weighted by atomic mass is 16.6. The summed E-state index contributed by atoms with van der Waals surface area (Å²) in [5.41, 5.74) is 0.917. The predicted molar refractivity (Wildman–Crippen MR) is 127 cm³/mol. The Balaban J connectivity index is 1.24. The maximum atomic E-state index is 12.0. The highest BCUT2D eigenvalue weighted by Gasteiger charge is 2.43. The van der Waals surface area contributed by atoms with E-state index in [4.69, 9.17) is 18.9 Å². The van der Waals surface area contributed by atoms with Gasteiger partial charge in [0.25, 0.3) is 0 Å². The number of ether oxygens (including phenoxy) is 4. The van der Waals surface area contributed by atoms with E-state index in [1.165, 1.54) is 5.56 Å². The first-order chi connectivity index (χ1) is 15.8. The van der Waals surface area contributed by atoms with Gasteiger partial charge in [-0.1, -0.05) is 24.3 Å². The Hall–Kier alpha value is -2.73. The Kier molecular flexibility index (Phi) is 7.13. The Bertz CT molecular complexity index is 929. The van der Waals surface area contributed by atoms with E-state index in [1.807, 2.05) is 63.2 Å². The monoisotopic (exact) mass is 453 g/mol. The molecule has 6 heteroatoms. The van der Waals surface area contributed by atoms with Gasteiger partial charge in [0.15, 0.2) is 0 Å². The van der Waals surface area contributed by atoms with Gasteiger partial charge in [-0.3, -0.25) is 4.79 Å². The van der Waals surface area contributed by atoms with E-state index in [0.29, 0.717) is 26.2 Å². The van der Waals surface area contributed by atoms with E-state index in [9.17, 15) is 4.79 Å². The Morgan fingerprint density at radius 3 is 2.39 bits per heavy atom. The van der Waals surface area contributed by atoms with Crippen LogP contribution in [0.15, 0.2) is 48.5 Å². The molecule has 2 aromatic rings. The van der Waals surface area contributed by atoms with Crippen LogP contribution in [0.3, 0.4) is 0 Å². The van der Waals surface area contributed by atoms with Gasteiger partial charge in [0.05, 0.1) is 13.0 Å². The lowest BCUT2D eigenvalue weighted by Crippen LogP contribution is -2.44. The van der Waals surface area contributed by atoms with Crippen LogP contribution in [0.4, 0.5) is 0 Å². The molecule has 6 nitrogen and oxygen atoms in total. The minimum absolute atomic E-state index is 0.0622. The van der Waals surface area contributed by atoms with E-state index in [1.54, 1.807) is 0 Å². The second-order valence-corrected chi connectivity index (χ2v) is 9.92. The van der Waals surface area contributed by atoms with Crippen LogP contribution in [0.25, 0.3) is 0 Å². The van der Waals surface area contributed by atoms with Crippen LogP contribution >= 0.6 is 0 Å². The summed E-state index contributed by atoms with van der Waals surface area (Å²) < 4.78 is 23.1. The minimum atomic E-state index is -0.425. The highest BCUT2D eigenvalue weighted by molar-refractivity contribution is 5.70. The molecule has 2 aliphatic rings. The van der Waals surface area contributed by atoms with Crippen molar-refractivity contribution in [3.05, 3.63) is 54.1 Å². The van der Waals surface area contributed by atoms with Crippen molar-refractivity contribution in [1.29, 1.82) is 0 Å². The largest absolute Gasteiger partial charge is 0.492 e. The maximum Gasteiger partial charge on any atom is 0.307 e. The smallest absolute Gasteiger partial charge is 0.307 e. The average Bonchev–Trinajstić information content (AvgIpc) is 3.13. The number of nitrogens with zero attached hydrogens (tertiary/aromatic N) is 1. The SMILES string of the molecule is CC(C)(C)OC(=O)CCN1CCC2(CC1)COc1cc(OCCOc3ccccc3)ccc12. The first-order valence-electron chi connectivity index (χ1n) is 11.9. The maximum absolute atomic E-state index is 12.0. The molecule has 0 amide bonds. The van der Waals surface area contributed by atoms with Crippen molar-refractivity contribution in [3.8, 4) is 17.2 Å². The van der Waals surface area contributed by atoms with Crippen molar-refractivity contribution >= 4 is 5.97 Å². The van der Waals surface area contributed by atoms with Crippen LogP contribution < -0.4 is 14.2 Å². The summed E-state index contributed by atoms with van der Waals surface area (Å²) in [7, 11) is 0. The van der Waals surface area contributed by atoms with E-state index in [0.717, 1.165) is 49.7 Å². The Morgan fingerprint density at radius 2 is 1.70 bits per heavy atom. The van der Waals surface area contributed by atoms with Crippen LogP contribution in [-0.2, 0) is 14.9 Å². The Morgan fingerprint density at radius 1 is 1.00 bits per heavy atom. The molecular weight excluding hydrogens is 418 g/mol. The van der Waals surface area contributed by atoms with Gasteiger partial charge in [0, 0.05) is 23.6 Å². The van der Waals surface area contributed by atoms with Crippen LogP contribution in [0, 0.1) is 0 Å². The third-order valence-electron chi connectivity index (χ3n) is 6.26. The first kappa shape index (κ1) is 23.4. The van der Waals surface area contributed by atoms with Crippen molar-refractivity contribution in [3.63, 3.8) is 0 Å². The van der Waals surface area contributed by atoms with Crippen LogP contribution in [0.2, 0.25) is 0 Å². The van der Waals surface area contributed by atoms with Gasteiger partial charge in [0.2, 0.25) is 0 Å². The second-order valence-electron chi connectivity index (χ2n) is 9.92. The van der Waals surface area contributed by atoms with Gasteiger partial charge < -0.3 is 23.8 Å². The Labute approximate surface area is 196 Å². The molecule has 2 aliphatic heterocycles. The number of rotatable bonds is 8. The molecule has 1 fully saturated rings. The molecule has 0 aromatic heterocycles. The topological polar surface area (TPSA) is 57.2 Å². The number of fused-ring (bicyclic) bond motifs is 2. The molecule has 1 spiro atoms. The van der Waals surface area contributed by atoms with Gasteiger partial charge in [-0.05, 0) is 64.9 Å². The number of likely N-dealkylation sites (tertiary alicyclic amines) is 1. The molecule has 2 aromatic carbocycles. The van der Waals surface area contributed by atoms with Gasteiger partial charge in [0.1, 0.15) is 36.1 Å². The van der Waals surface area contributed by atoms with E-state index >= 15 is 0 Å². The van der Waals surface area contributed by atoms with E-state index < -0.39 is 5.60 Å². The fraction of sp³-hybridized carbons (Fsp3) is 0.519. The molecule has 0 unspecified atom stereocenters. The number of para-hydroxylation sites is 1. The summed E-state index contributed by atoms with van der Waals surface area (Å²) in [6.45, 7) is 10.1. The summed E-state index contributed by atoms with van der Waals surface area (Å²) in [5, 5.41) is 0. The van der Waals surface area contributed by atoms with Crippen molar-refractivity contribution in [2.24, 2.45) is 0 Å². The molecule has 0 aliphatic carbocycles. The number of carbonyl (C=O) groups excluding carboxylic acids is 1. The average molecular weight is 454 g/mol. The van der Waals surface area contributed by atoms with E-state index in [-0.39, 0.29) is 11.4 Å². The number of carbonyl (C=O) groups is 1. The minimum Gasteiger partial charge on any atom is -0.492 e. The summed E-state index contributed by atoms with van der Waals surface area (Å²) >= 11 is 0. The number of hydrogen-bond acceptors (Lipinski definition) is 6. The molecule has 2 heterocycles. The highest BCUT2D eigenvalue weighted by Crippen LogP contribution is 2.46. The predicted octanol–water partition coefficient (Wildman–Crippen LogP) is 4.60. The molecule has 33 heavy (non-hydrogen) atoms. The summed E-state index contributed by atoms with van der Waals surface area (Å²) in [6.07, 6.45) is 2.49. The van der Waals surface area contributed by atoms with Gasteiger partial charge in [-0.15, -0.1) is 0 Å². The zero-order valence-corrected chi connectivity index (χ0v) is 20.0. The van der Waals surface area contributed by atoms with Gasteiger partial charge >= 0.3 is 5.97 Å². The lowest BCUT2D eigenvalue weighted by molar-refractivity contribution is -0.155. The number of piperidine rings is 1. The van der Waals surface area contributed by atoms with Crippen molar-refractivity contribution in [1.82, 2.24) is 4.90 Å². The van der Waals surface area contributed by atoms with E-state index in [2.05, 4.69) is 11.0 Å². The van der Waals surface area contributed by atoms with Crippen LogP contribution in [-0.4, -0.2) is 55.9 Å².